The number of anilines is 2. The van der Waals surface area contributed by atoms with Crippen molar-refractivity contribution in [2.24, 2.45) is 5.73 Å². The third kappa shape index (κ3) is 5.50. The van der Waals surface area contributed by atoms with Crippen LogP contribution in [0.2, 0.25) is 0 Å². The lowest BCUT2D eigenvalue weighted by molar-refractivity contribution is -0.130. The summed E-state index contributed by atoms with van der Waals surface area (Å²) >= 11 is 0. The molecule has 0 unspecified atom stereocenters. The van der Waals surface area contributed by atoms with Crippen LogP contribution in [0.25, 0.3) is 0 Å². The second-order valence-corrected chi connectivity index (χ2v) is 6.73. The lowest BCUT2D eigenvalue weighted by Gasteiger charge is -2.34. The molecular formula is C20H26N6O2. The van der Waals surface area contributed by atoms with E-state index in [0.29, 0.717) is 44.8 Å². The van der Waals surface area contributed by atoms with Gasteiger partial charge in [-0.15, -0.1) is 0 Å². The lowest BCUT2D eigenvalue weighted by Crippen LogP contribution is -2.49. The van der Waals surface area contributed by atoms with E-state index in [-0.39, 0.29) is 11.8 Å². The van der Waals surface area contributed by atoms with Crippen molar-refractivity contribution in [3.8, 4) is 0 Å². The number of piperazine rings is 1. The van der Waals surface area contributed by atoms with Gasteiger partial charge in [-0.25, -0.2) is 9.97 Å². The Morgan fingerprint density at radius 2 is 1.71 bits per heavy atom. The van der Waals surface area contributed by atoms with E-state index in [1.807, 2.05) is 29.2 Å². The summed E-state index contributed by atoms with van der Waals surface area (Å²) in [4.78, 5) is 36.8. The minimum atomic E-state index is -0.0467. The molecule has 1 saturated heterocycles. The van der Waals surface area contributed by atoms with Crippen LogP contribution in [-0.2, 0) is 16.0 Å². The molecule has 1 aliphatic heterocycles. The van der Waals surface area contributed by atoms with Gasteiger partial charge < -0.3 is 20.9 Å². The molecule has 148 valence electrons. The van der Waals surface area contributed by atoms with Crippen molar-refractivity contribution >= 4 is 23.5 Å². The normalized spacial score (nSPS) is 14.0. The fourth-order valence-corrected chi connectivity index (χ4v) is 3.09. The minimum Gasteiger partial charge on any atom is -0.339 e. The summed E-state index contributed by atoms with van der Waals surface area (Å²) in [6, 6.07) is 9.20. The van der Waals surface area contributed by atoms with Gasteiger partial charge in [-0.3, -0.25) is 9.59 Å². The van der Waals surface area contributed by atoms with Crippen molar-refractivity contribution in [3.63, 3.8) is 0 Å². The molecule has 2 heterocycles. The van der Waals surface area contributed by atoms with Crippen LogP contribution in [-0.4, -0.2) is 59.4 Å². The van der Waals surface area contributed by atoms with E-state index < -0.39 is 0 Å². The molecule has 0 saturated carbocycles. The monoisotopic (exact) mass is 382 g/mol. The Morgan fingerprint density at radius 3 is 2.36 bits per heavy atom. The highest BCUT2D eigenvalue weighted by Crippen LogP contribution is 2.14. The fourth-order valence-electron chi connectivity index (χ4n) is 3.09. The Bertz CT molecular complexity index is 773. The zero-order valence-corrected chi connectivity index (χ0v) is 15.9. The van der Waals surface area contributed by atoms with E-state index in [4.69, 9.17) is 5.73 Å². The zero-order valence-electron chi connectivity index (χ0n) is 15.9. The number of amides is 2. The molecule has 2 aromatic rings. The van der Waals surface area contributed by atoms with Crippen LogP contribution < -0.4 is 16.0 Å². The molecule has 1 aromatic carbocycles. The van der Waals surface area contributed by atoms with Crippen LogP contribution in [0.4, 0.5) is 11.6 Å². The molecule has 28 heavy (non-hydrogen) atoms. The first kappa shape index (κ1) is 19.8. The van der Waals surface area contributed by atoms with Gasteiger partial charge in [-0.05, 0) is 36.7 Å². The van der Waals surface area contributed by atoms with Gasteiger partial charge in [-0.2, -0.15) is 0 Å². The van der Waals surface area contributed by atoms with Crippen molar-refractivity contribution in [2.75, 3.05) is 42.9 Å². The van der Waals surface area contributed by atoms with E-state index in [1.54, 1.807) is 18.5 Å². The number of nitrogens with two attached hydrogens (primary N) is 1. The van der Waals surface area contributed by atoms with Gasteiger partial charge in [0.2, 0.25) is 17.8 Å². The van der Waals surface area contributed by atoms with Gasteiger partial charge in [0.05, 0.1) is 6.42 Å². The zero-order chi connectivity index (χ0) is 19.8. The van der Waals surface area contributed by atoms with Crippen molar-refractivity contribution in [1.82, 2.24) is 14.9 Å². The molecule has 1 fully saturated rings. The molecule has 8 nitrogen and oxygen atoms in total. The van der Waals surface area contributed by atoms with Crippen molar-refractivity contribution in [2.45, 2.75) is 19.3 Å². The molecule has 3 rings (SSSR count). The number of nitrogens with one attached hydrogen (secondary N) is 1. The van der Waals surface area contributed by atoms with Crippen molar-refractivity contribution < 1.29 is 9.59 Å². The van der Waals surface area contributed by atoms with Gasteiger partial charge in [0.15, 0.2) is 0 Å². The molecule has 0 aliphatic carbocycles. The van der Waals surface area contributed by atoms with Crippen LogP contribution in [0.1, 0.15) is 18.4 Å². The highest BCUT2D eigenvalue weighted by atomic mass is 16.2. The summed E-state index contributed by atoms with van der Waals surface area (Å²) in [7, 11) is 0. The number of benzene rings is 1. The molecule has 0 spiro atoms. The van der Waals surface area contributed by atoms with E-state index >= 15 is 0 Å². The van der Waals surface area contributed by atoms with Crippen LogP contribution in [0, 0.1) is 0 Å². The van der Waals surface area contributed by atoms with Crippen LogP contribution in [0.3, 0.4) is 0 Å². The summed E-state index contributed by atoms with van der Waals surface area (Å²) in [5.41, 5.74) is 7.07. The Hall–Kier alpha value is -3.00. The van der Waals surface area contributed by atoms with Gasteiger partial charge >= 0.3 is 0 Å². The molecule has 3 N–H and O–H groups in total. The number of hydrogen-bond donors (Lipinski definition) is 2. The summed E-state index contributed by atoms with van der Waals surface area (Å²) in [6.45, 7) is 3.27. The second kappa shape index (κ2) is 9.80. The molecular weight excluding hydrogens is 356 g/mol. The first-order valence-corrected chi connectivity index (χ1v) is 9.54. The third-order valence-corrected chi connectivity index (χ3v) is 4.67. The number of carbonyl (C=O) groups excluding carboxylic acids is 2. The second-order valence-electron chi connectivity index (χ2n) is 6.73. The van der Waals surface area contributed by atoms with Gasteiger partial charge in [0.1, 0.15) is 0 Å². The smallest absolute Gasteiger partial charge is 0.227 e. The maximum Gasteiger partial charge on any atom is 0.227 e. The van der Waals surface area contributed by atoms with E-state index in [2.05, 4.69) is 20.2 Å². The Morgan fingerprint density at radius 1 is 1.04 bits per heavy atom. The van der Waals surface area contributed by atoms with Gasteiger partial charge in [-0.1, -0.05) is 12.1 Å². The van der Waals surface area contributed by atoms with E-state index in [0.717, 1.165) is 24.3 Å². The average molecular weight is 382 g/mol. The summed E-state index contributed by atoms with van der Waals surface area (Å²) in [5, 5.41) is 2.83. The van der Waals surface area contributed by atoms with Crippen LogP contribution in [0.15, 0.2) is 42.7 Å². The van der Waals surface area contributed by atoms with E-state index in [1.165, 1.54) is 0 Å². The first-order chi connectivity index (χ1) is 13.7. The average Bonchev–Trinajstić information content (AvgIpc) is 2.74. The summed E-state index contributed by atoms with van der Waals surface area (Å²) < 4.78 is 0. The van der Waals surface area contributed by atoms with E-state index in [9.17, 15) is 9.59 Å². The number of hydrogen-bond acceptors (Lipinski definition) is 6. The molecule has 0 radical (unpaired) electrons. The minimum absolute atomic E-state index is 0.0467. The summed E-state index contributed by atoms with van der Waals surface area (Å²) in [6.07, 6.45) is 4.89. The van der Waals surface area contributed by atoms with Crippen molar-refractivity contribution in [3.05, 3.63) is 48.3 Å². The van der Waals surface area contributed by atoms with Gasteiger partial charge in [0.25, 0.3) is 0 Å². The Kier molecular flexibility index (Phi) is 6.91. The van der Waals surface area contributed by atoms with Crippen LogP contribution in [0.5, 0.6) is 0 Å². The molecule has 2 amide bonds. The topological polar surface area (TPSA) is 104 Å². The van der Waals surface area contributed by atoms with Gasteiger partial charge in [0, 0.05) is 50.7 Å². The molecule has 0 bridgehead atoms. The maximum atomic E-state index is 12.6. The highest BCUT2D eigenvalue weighted by molar-refractivity contribution is 5.90. The number of carbonyl (C=O) groups is 2. The number of nitrogens with zero attached hydrogens (tertiary/aromatic N) is 4. The molecule has 1 aromatic heterocycles. The maximum absolute atomic E-state index is 12.6. The molecule has 1 aliphatic rings. The lowest BCUT2D eigenvalue weighted by atomic mass is 10.1. The SMILES string of the molecule is NCCCC(=O)Nc1ccc(CC(=O)N2CCN(c3ncccn3)CC2)cc1. The predicted octanol–water partition coefficient (Wildman–Crippen LogP) is 1.05. The quantitative estimate of drug-likeness (QED) is 0.742. The van der Waals surface area contributed by atoms with Crippen molar-refractivity contribution in [1.29, 1.82) is 0 Å². The number of rotatable bonds is 7. The predicted molar refractivity (Wildman–Crippen MR) is 108 cm³/mol. The largest absolute Gasteiger partial charge is 0.339 e. The van der Waals surface area contributed by atoms with Crippen LogP contribution >= 0.6 is 0 Å². The summed E-state index contributed by atoms with van der Waals surface area (Å²) in [5.74, 6) is 0.765. The number of aromatic nitrogens is 2. The Labute approximate surface area is 164 Å². The fraction of sp³-hybridized carbons (Fsp3) is 0.400. The molecule has 0 atom stereocenters. The molecule has 8 heteroatoms. The highest BCUT2D eigenvalue weighted by Gasteiger charge is 2.22. The first-order valence-electron chi connectivity index (χ1n) is 9.54. The standard InChI is InChI=1S/C20H26N6O2/c21-8-1-3-18(27)24-17-6-4-16(5-7-17)15-19(28)25-11-13-26(14-12-25)20-22-9-2-10-23-20/h2,4-7,9-10H,1,3,8,11-15,21H2,(H,24,27). The Balaban J connectivity index is 1.46. The third-order valence-electron chi connectivity index (χ3n) is 4.67.